The SMILES string of the molecule is CC(C)[C@H](N)C(=O)NCC1(Cc2ccccc2)CC1.Cl. The second-order valence-corrected chi connectivity index (χ2v) is 6.15. The summed E-state index contributed by atoms with van der Waals surface area (Å²) in [6.45, 7) is 4.70. The monoisotopic (exact) mass is 296 g/mol. The first-order valence-electron chi connectivity index (χ1n) is 7.10. The summed E-state index contributed by atoms with van der Waals surface area (Å²) in [5.74, 6) is 0.165. The van der Waals surface area contributed by atoms with Gasteiger partial charge in [-0.3, -0.25) is 4.79 Å². The van der Waals surface area contributed by atoms with Crippen LogP contribution in [0.2, 0.25) is 0 Å². The number of nitrogens with one attached hydrogen (secondary N) is 1. The van der Waals surface area contributed by atoms with Crippen LogP contribution in [-0.2, 0) is 11.2 Å². The minimum absolute atomic E-state index is 0. The van der Waals surface area contributed by atoms with Gasteiger partial charge in [0.05, 0.1) is 6.04 Å². The number of hydrogen-bond acceptors (Lipinski definition) is 2. The zero-order valence-corrected chi connectivity index (χ0v) is 13.1. The molecule has 20 heavy (non-hydrogen) atoms. The number of amides is 1. The van der Waals surface area contributed by atoms with Crippen molar-refractivity contribution in [1.29, 1.82) is 0 Å². The molecule has 1 fully saturated rings. The van der Waals surface area contributed by atoms with E-state index >= 15 is 0 Å². The topological polar surface area (TPSA) is 55.1 Å². The fourth-order valence-corrected chi connectivity index (χ4v) is 2.32. The Balaban J connectivity index is 0.00000200. The summed E-state index contributed by atoms with van der Waals surface area (Å²) in [5, 5.41) is 3.02. The summed E-state index contributed by atoms with van der Waals surface area (Å²) >= 11 is 0. The lowest BCUT2D eigenvalue weighted by Gasteiger charge is -2.20. The number of rotatable bonds is 6. The van der Waals surface area contributed by atoms with E-state index in [0.717, 1.165) is 13.0 Å². The maximum Gasteiger partial charge on any atom is 0.237 e. The van der Waals surface area contributed by atoms with Crippen molar-refractivity contribution in [3.63, 3.8) is 0 Å². The highest BCUT2D eigenvalue weighted by Crippen LogP contribution is 2.47. The fourth-order valence-electron chi connectivity index (χ4n) is 2.32. The van der Waals surface area contributed by atoms with Crippen LogP contribution in [0, 0.1) is 11.3 Å². The van der Waals surface area contributed by atoms with Gasteiger partial charge >= 0.3 is 0 Å². The van der Waals surface area contributed by atoms with E-state index < -0.39 is 6.04 Å². The third-order valence-corrected chi connectivity index (χ3v) is 4.04. The van der Waals surface area contributed by atoms with Crippen molar-refractivity contribution in [3.8, 4) is 0 Å². The van der Waals surface area contributed by atoms with Gasteiger partial charge in [0.2, 0.25) is 5.91 Å². The molecule has 1 aromatic carbocycles. The molecule has 0 unspecified atom stereocenters. The van der Waals surface area contributed by atoms with Crippen molar-refractivity contribution in [3.05, 3.63) is 35.9 Å². The lowest BCUT2D eigenvalue weighted by Crippen LogP contribution is -2.45. The van der Waals surface area contributed by atoms with Crippen LogP contribution in [0.5, 0.6) is 0 Å². The minimum Gasteiger partial charge on any atom is -0.354 e. The Morgan fingerprint density at radius 1 is 1.30 bits per heavy atom. The highest BCUT2D eigenvalue weighted by molar-refractivity contribution is 5.85. The molecule has 1 aliphatic rings. The van der Waals surface area contributed by atoms with Gasteiger partial charge in [-0.05, 0) is 36.2 Å². The fraction of sp³-hybridized carbons (Fsp3) is 0.562. The molecule has 0 radical (unpaired) electrons. The van der Waals surface area contributed by atoms with Gasteiger partial charge in [0.1, 0.15) is 0 Å². The van der Waals surface area contributed by atoms with Gasteiger partial charge in [0.15, 0.2) is 0 Å². The number of carbonyl (C=O) groups excluding carboxylic acids is 1. The molecule has 1 saturated carbocycles. The van der Waals surface area contributed by atoms with E-state index in [-0.39, 0.29) is 29.6 Å². The first-order chi connectivity index (χ1) is 9.02. The molecule has 3 N–H and O–H groups in total. The first-order valence-corrected chi connectivity index (χ1v) is 7.10. The van der Waals surface area contributed by atoms with Crippen LogP contribution in [-0.4, -0.2) is 18.5 Å². The van der Waals surface area contributed by atoms with Crippen molar-refractivity contribution in [1.82, 2.24) is 5.32 Å². The third kappa shape index (κ3) is 4.50. The van der Waals surface area contributed by atoms with Crippen LogP contribution in [0.4, 0.5) is 0 Å². The summed E-state index contributed by atoms with van der Waals surface area (Å²) in [5.41, 5.74) is 7.47. The second-order valence-electron chi connectivity index (χ2n) is 6.15. The molecule has 1 amide bonds. The molecule has 0 heterocycles. The molecule has 0 saturated heterocycles. The van der Waals surface area contributed by atoms with Gasteiger partial charge in [-0.1, -0.05) is 44.2 Å². The molecule has 0 spiro atoms. The number of carbonyl (C=O) groups is 1. The zero-order valence-electron chi connectivity index (χ0n) is 12.3. The van der Waals surface area contributed by atoms with Gasteiger partial charge in [0, 0.05) is 6.54 Å². The van der Waals surface area contributed by atoms with Crippen molar-refractivity contribution >= 4 is 18.3 Å². The van der Waals surface area contributed by atoms with Crippen LogP contribution < -0.4 is 11.1 Å². The molecule has 3 nitrogen and oxygen atoms in total. The summed E-state index contributed by atoms with van der Waals surface area (Å²) in [6.07, 6.45) is 3.43. The number of benzene rings is 1. The summed E-state index contributed by atoms with van der Waals surface area (Å²) in [7, 11) is 0. The van der Waals surface area contributed by atoms with Crippen molar-refractivity contribution in [2.24, 2.45) is 17.1 Å². The maximum absolute atomic E-state index is 11.9. The molecule has 1 atom stereocenters. The first kappa shape index (κ1) is 17.0. The zero-order chi connectivity index (χ0) is 13.9. The molecule has 0 aromatic heterocycles. The molecule has 4 heteroatoms. The van der Waals surface area contributed by atoms with Crippen LogP contribution in [0.25, 0.3) is 0 Å². The van der Waals surface area contributed by atoms with E-state index in [1.165, 1.54) is 18.4 Å². The van der Waals surface area contributed by atoms with Crippen LogP contribution in [0.1, 0.15) is 32.3 Å². The Kier molecular flexibility index (Phi) is 6.03. The number of halogens is 1. The second kappa shape index (κ2) is 7.09. The molecule has 0 bridgehead atoms. The van der Waals surface area contributed by atoms with E-state index in [4.69, 9.17) is 5.73 Å². The molecular weight excluding hydrogens is 272 g/mol. The normalized spacial score (nSPS) is 17.2. The maximum atomic E-state index is 11.9. The van der Waals surface area contributed by atoms with Gasteiger partial charge in [-0.25, -0.2) is 0 Å². The largest absolute Gasteiger partial charge is 0.354 e. The highest BCUT2D eigenvalue weighted by Gasteiger charge is 2.42. The summed E-state index contributed by atoms with van der Waals surface area (Å²) in [4.78, 5) is 11.9. The summed E-state index contributed by atoms with van der Waals surface area (Å²) in [6, 6.07) is 10.1. The van der Waals surface area contributed by atoms with Crippen molar-refractivity contribution in [2.45, 2.75) is 39.2 Å². The Morgan fingerprint density at radius 3 is 2.40 bits per heavy atom. The highest BCUT2D eigenvalue weighted by atomic mass is 35.5. The predicted octanol–water partition coefficient (Wildman–Crippen LogP) is 2.53. The van der Waals surface area contributed by atoms with E-state index in [1.54, 1.807) is 0 Å². The van der Waals surface area contributed by atoms with E-state index in [1.807, 2.05) is 19.9 Å². The Morgan fingerprint density at radius 2 is 1.90 bits per heavy atom. The van der Waals surface area contributed by atoms with Gasteiger partial charge in [-0.15, -0.1) is 12.4 Å². The Labute approximate surface area is 127 Å². The van der Waals surface area contributed by atoms with Crippen LogP contribution in [0.3, 0.4) is 0 Å². The van der Waals surface area contributed by atoms with Crippen LogP contribution in [0.15, 0.2) is 30.3 Å². The Hall–Kier alpha value is -1.06. The quantitative estimate of drug-likeness (QED) is 0.847. The third-order valence-electron chi connectivity index (χ3n) is 4.04. The minimum atomic E-state index is -0.396. The smallest absolute Gasteiger partial charge is 0.237 e. The molecule has 1 aromatic rings. The van der Waals surface area contributed by atoms with E-state index in [0.29, 0.717) is 0 Å². The standard InChI is InChI=1S/C16H24N2O.ClH/c1-12(2)14(17)15(19)18-11-16(8-9-16)10-13-6-4-3-5-7-13;/h3-7,12,14H,8-11,17H2,1-2H3,(H,18,19);1H/t14-;/m0./s1. The average Bonchev–Trinajstić information content (AvgIpc) is 3.16. The summed E-state index contributed by atoms with van der Waals surface area (Å²) < 4.78 is 0. The lowest BCUT2D eigenvalue weighted by molar-refractivity contribution is -0.123. The van der Waals surface area contributed by atoms with Crippen molar-refractivity contribution in [2.75, 3.05) is 6.54 Å². The molecule has 0 aliphatic heterocycles. The molecule has 1 aliphatic carbocycles. The van der Waals surface area contributed by atoms with Gasteiger partial charge in [0.25, 0.3) is 0 Å². The van der Waals surface area contributed by atoms with Crippen LogP contribution >= 0.6 is 12.4 Å². The molecule has 2 rings (SSSR count). The Bertz CT molecular complexity index is 429. The van der Waals surface area contributed by atoms with Gasteiger partial charge in [-0.2, -0.15) is 0 Å². The van der Waals surface area contributed by atoms with E-state index in [2.05, 4.69) is 29.6 Å². The average molecular weight is 297 g/mol. The molecular formula is C16H25ClN2O. The number of hydrogen-bond donors (Lipinski definition) is 2. The van der Waals surface area contributed by atoms with E-state index in [9.17, 15) is 4.79 Å². The van der Waals surface area contributed by atoms with Gasteiger partial charge < -0.3 is 11.1 Å². The van der Waals surface area contributed by atoms with Crippen molar-refractivity contribution < 1.29 is 4.79 Å². The molecule has 112 valence electrons. The predicted molar refractivity (Wildman–Crippen MR) is 84.9 cm³/mol. The number of nitrogens with two attached hydrogens (primary N) is 1. The lowest BCUT2D eigenvalue weighted by atomic mass is 9.96.